The van der Waals surface area contributed by atoms with E-state index in [2.05, 4.69) is 20.6 Å². The molecule has 0 fully saturated rings. The van der Waals surface area contributed by atoms with Crippen molar-refractivity contribution in [3.8, 4) is 11.4 Å². The fourth-order valence-electron chi connectivity index (χ4n) is 2.42. The highest BCUT2D eigenvalue weighted by Gasteiger charge is 2.16. The van der Waals surface area contributed by atoms with Crippen molar-refractivity contribution in [3.63, 3.8) is 0 Å². The smallest absolute Gasteiger partial charge is 0.234 e. The summed E-state index contributed by atoms with van der Waals surface area (Å²) in [5.74, 6) is 6.64. The molecule has 1 aromatic carbocycles. The Morgan fingerprint density at radius 2 is 1.96 bits per heavy atom. The fraction of sp³-hybridized carbons (Fsp3) is 0.250. The van der Waals surface area contributed by atoms with E-state index < -0.39 is 0 Å². The van der Waals surface area contributed by atoms with E-state index in [9.17, 15) is 4.79 Å². The Hall–Kier alpha value is -2.81. The molecular weight excluding hydrogens is 338 g/mol. The number of nitrogens with two attached hydrogens (primary N) is 1. The number of aromatic nitrogens is 5. The van der Waals surface area contributed by atoms with Crippen molar-refractivity contribution >= 4 is 23.4 Å². The van der Waals surface area contributed by atoms with Gasteiger partial charge in [0, 0.05) is 12.6 Å². The van der Waals surface area contributed by atoms with Gasteiger partial charge < -0.3 is 11.2 Å². The third-order valence-electron chi connectivity index (χ3n) is 3.80. The zero-order valence-corrected chi connectivity index (χ0v) is 15.0. The van der Waals surface area contributed by atoms with E-state index in [4.69, 9.17) is 5.84 Å². The topological polar surface area (TPSA) is 104 Å². The van der Waals surface area contributed by atoms with Crippen molar-refractivity contribution < 1.29 is 4.79 Å². The molecular formula is C16H19N7OS. The fourth-order valence-corrected chi connectivity index (χ4v) is 3.08. The number of hydrogen-bond acceptors (Lipinski definition) is 6. The molecule has 0 atom stereocenters. The number of thioether (sulfide) groups is 1. The van der Waals surface area contributed by atoms with Gasteiger partial charge in [-0.1, -0.05) is 42.1 Å². The maximum Gasteiger partial charge on any atom is 0.234 e. The third kappa shape index (κ3) is 3.50. The number of anilines is 1. The van der Waals surface area contributed by atoms with Gasteiger partial charge in [-0.15, -0.1) is 10.2 Å². The van der Waals surface area contributed by atoms with Crippen LogP contribution >= 0.6 is 11.8 Å². The van der Waals surface area contributed by atoms with E-state index in [0.29, 0.717) is 11.0 Å². The number of rotatable bonds is 5. The highest BCUT2D eigenvalue weighted by atomic mass is 32.2. The Bertz CT molecular complexity index is 901. The average molecular weight is 357 g/mol. The van der Waals surface area contributed by atoms with Crippen LogP contribution in [0.1, 0.15) is 11.4 Å². The summed E-state index contributed by atoms with van der Waals surface area (Å²) in [4.78, 5) is 12.2. The Balaban J connectivity index is 1.66. The molecule has 0 spiro atoms. The number of nitrogens with one attached hydrogen (secondary N) is 1. The minimum Gasteiger partial charge on any atom is -0.335 e. The molecule has 0 bridgehead atoms. The Kier molecular flexibility index (Phi) is 4.75. The molecule has 8 nitrogen and oxygen atoms in total. The van der Waals surface area contributed by atoms with Gasteiger partial charge in [0.2, 0.25) is 11.1 Å². The summed E-state index contributed by atoms with van der Waals surface area (Å²) in [5, 5.41) is 15.8. The molecule has 25 heavy (non-hydrogen) atoms. The average Bonchev–Trinajstić information content (AvgIpc) is 3.08. The largest absolute Gasteiger partial charge is 0.335 e. The SMILES string of the molecule is Cc1nn(C)c(C)c1NC(=O)CSc1nnc(-c2ccccc2)n1N. The number of amides is 1. The van der Waals surface area contributed by atoms with Crippen LogP contribution in [-0.4, -0.2) is 36.3 Å². The second kappa shape index (κ2) is 6.98. The summed E-state index contributed by atoms with van der Waals surface area (Å²) in [6, 6.07) is 9.54. The summed E-state index contributed by atoms with van der Waals surface area (Å²) in [6.45, 7) is 3.77. The number of carbonyl (C=O) groups excluding carboxylic acids is 1. The van der Waals surface area contributed by atoms with Crippen LogP contribution in [0.4, 0.5) is 5.69 Å². The van der Waals surface area contributed by atoms with Gasteiger partial charge in [-0.05, 0) is 13.8 Å². The minimum atomic E-state index is -0.145. The Morgan fingerprint density at radius 3 is 2.60 bits per heavy atom. The quantitative estimate of drug-likeness (QED) is 0.532. The highest BCUT2D eigenvalue weighted by Crippen LogP contribution is 2.22. The van der Waals surface area contributed by atoms with Crippen LogP contribution in [0.2, 0.25) is 0 Å². The van der Waals surface area contributed by atoms with E-state index in [0.717, 1.165) is 22.6 Å². The van der Waals surface area contributed by atoms with Crippen molar-refractivity contribution in [2.45, 2.75) is 19.0 Å². The first-order valence-corrected chi connectivity index (χ1v) is 8.64. The monoisotopic (exact) mass is 357 g/mol. The van der Waals surface area contributed by atoms with Crippen molar-refractivity contribution in [2.24, 2.45) is 7.05 Å². The van der Waals surface area contributed by atoms with Crippen LogP contribution in [0.15, 0.2) is 35.5 Å². The molecule has 0 radical (unpaired) electrons. The van der Waals surface area contributed by atoms with Crippen molar-refractivity contribution in [1.82, 2.24) is 24.7 Å². The molecule has 1 amide bonds. The van der Waals surface area contributed by atoms with Crippen LogP contribution in [0.25, 0.3) is 11.4 Å². The van der Waals surface area contributed by atoms with Gasteiger partial charge in [-0.25, -0.2) is 4.68 Å². The minimum absolute atomic E-state index is 0.145. The Morgan fingerprint density at radius 1 is 1.24 bits per heavy atom. The number of aryl methyl sites for hydroxylation is 2. The summed E-state index contributed by atoms with van der Waals surface area (Å²) < 4.78 is 3.13. The predicted octanol–water partition coefficient (Wildman–Crippen LogP) is 1.74. The second-order valence-corrected chi connectivity index (χ2v) is 6.49. The van der Waals surface area contributed by atoms with Crippen LogP contribution in [-0.2, 0) is 11.8 Å². The summed E-state index contributed by atoms with van der Waals surface area (Å²) in [7, 11) is 1.84. The molecule has 0 saturated heterocycles. The normalized spacial score (nSPS) is 10.8. The van der Waals surface area contributed by atoms with Gasteiger partial charge in [0.1, 0.15) is 0 Å². The van der Waals surface area contributed by atoms with Gasteiger partial charge in [0.05, 0.1) is 22.8 Å². The maximum absolute atomic E-state index is 12.2. The highest BCUT2D eigenvalue weighted by molar-refractivity contribution is 7.99. The Labute approximate surface area is 149 Å². The lowest BCUT2D eigenvalue weighted by molar-refractivity contribution is -0.113. The number of hydrogen-bond donors (Lipinski definition) is 2. The maximum atomic E-state index is 12.2. The first kappa shape index (κ1) is 17.0. The molecule has 130 valence electrons. The first-order chi connectivity index (χ1) is 12.0. The molecule has 2 heterocycles. The lowest BCUT2D eigenvalue weighted by Gasteiger charge is -2.06. The molecule has 3 aromatic rings. The van der Waals surface area contributed by atoms with E-state index in [1.807, 2.05) is 51.2 Å². The van der Waals surface area contributed by atoms with E-state index in [1.165, 1.54) is 16.4 Å². The molecule has 2 aromatic heterocycles. The third-order valence-corrected chi connectivity index (χ3v) is 4.75. The lowest BCUT2D eigenvalue weighted by Crippen LogP contribution is -2.17. The molecule has 0 aliphatic heterocycles. The van der Waals surface area contributed by atoms with E-state index in [1.54, 1.807) is 4.68 Å². The molecule has 0 aliphatic carbocycles. The number of nitrogens with zero attached hydrogens (tertiary/aromatic N) is 5. The molecule has 3 N–H and O–H groups in total. The van der Waals surface area contributed by atoms with Gasteiger partial charge in [0.15, 0.2) is 5.82 Å². The zero-order chi connectivity index (χ0) is 18.0. The van der Waals surface area contributed by atoms with Crippen molar-refractivity contribution in [3.05, 3.63) is 41.7 Å². The summed E-state index contributed by atoms with van der Waals surface area (Å²) in [6.07, 6.45) is 0. The van der Waals surface area contributed by atoms with Crippen molar-refractivity contribution in [2.75, 3.05) is 16.9 Å². The molecule has 0 unspecified atom stereocenters. The molecule has 3 rings (SSSR count). The first-order valence-electron chi connectivity index (χ1n) is 7.66. The van der Waals surface area contributed by atoms with Crippen LogP contribution < -0.4 is 11.2 Å². The van der Waals surface area contributed by atoms with Gasteiger partial charge in [0.25, 0.3) is 0 Å². The standard InChI is InChI=1S/C16H19N7OS/c1-10-14(11(2)22(3)21-10)18-13(24)9-25-16-20-19-15(23(16)17)12-7-5-4-6-8-12/h4-8H,9,17H2,1-3H3,(H,18,24). The van der Waals surface area contributed by atoms with Gasteiger partial charge in [-0.2, -0.15) is 5.10 Å². The second-order valence-electron chi connectivity index (χ2n) is 5.55. The number of nitrogen functional groups attached to an aromatic ring is 1. The van der Waals surface area contributed by atoms with Crippen LogP contribution in [0, 0.1) is 13.8 Å². The van der Waals surface area contributed by atoms with E-state index in [-0.39, 0.29) is 11.7 Å². The van der Waals surface area contributed by atoms with Crippen LogP contribution in [0.3, 0.4) is 0 Å². The zero-order valence-electron chi connectivity index (χ0n) is 14.2. The number of carbonyl (C=O) groups is 1. The lowest BCUT2D eigenvalue weighted by atomic mass is 10.2. The molecule has 9 heteroatoms. The summed E-state index contributed by atoms with van der Waals surface area (Å²) >= 11 is 1.23. The van der Waals surface area contributed by atoms with Crippen molar-refractivity contribution in [1.29, 1.82) is 0 Å². The van der Waals surface area contributed by atoms with Crippen LogP contribution in [0.5, 0.6) is 0 Å². The predicted molar refractivity (Wildman–Crippen MR) is 97.6 cm³/mol. The number of benzene rings is 1. The van der Waals surface area contributed by atoms with Gasteiger partial charge in [-0.3, -0.25) is 9.48 Å². The summed E-state index contributed by atoms with van der Waals surface area (Å²) in [5.41, 5.74) is 3.30. The van der Waals surface area contributed by atoms with E-state index >= 15 is 0 Å². The molecule has 0 aliphatic rings. The van der Waals surface area contributed by atoms with Gasteiger partial charge >= 0.3 is 0 Å². The molecule has 0 saturated carbocycles.